The summed E-state index contributed by atoms with van der Waals surface area (Å²) in [5, 5.41) is 2.56. The molecule has 78 heavy (non-hydrogen) atoms. The SMILES string of the molecule is CC1(C)c2ccccc2-c2ccc(N(c3ccc(-c4ccc(-c5ccc6c(c5)c5ccccc5n6C5=CCCC=C5)cc4)cc3)c3ccc(-c4ccc5c(c4)-c4ccccc4C5(c4ccccc4)c4ccccc4)cc3)cc21. The van der Waals surface area contributed by atoms with Crippen LogP contribution in [0.1, 0.15) is 60.1 Å². The first-order valence-electron chi connectivity index (χ1n) is 27.6. The summed E-state index contributed by atoms with van der Waals surface area (Å²) in [6, 6.07) is 97.4. The maximum atomic E-state index is 2.43. The van der Waals surface area contributed by atoms with E-state index in [1.807, 2.05) is 0 Å². The van der Waals surface area contributed by atoms with E-state index in [1.165, 1.54) is 117 Å². The normalized spacial score (nSPS) is 14.4. The number of para-hydroxylation sites is 1. The number of nitrogens with zero attached hydrogens (tertiary/aromatic N) is 2. The van der Waals surface area contributed by atoms with Gasteiger partial charge in [0.2, 0.25) is 0 Å². The van der Waals surface area contributed by atoms with Crippen LogP contribution < -0.4 is 4.90 Å². The van der Waals surface area contributed by atoms with Crippen molar-refractivity contribution >= 4 is 44.6 Å². The number of fused-ring (bicyclic) bond motifs is 9. The van der Waals surface area contributed by atoms with Gasteiger partial charge in [-0.25, -0.2) is 0 Å². The van der Waals surface area contributed by atoms with Crippen molar-refractivity contribution in [3.8, 4) is 55.6 Å². The fourth-order valence-corrected chi connectivity index (χ4v) is 13.6. The van der Waals surface area contributed by atoms with Gasteiger partial charge in [0.1, 0.15) is 0 Å². The molecule has 2 heteroatoms. The second kappa shape index (κ2) is 18.1. The molecule has 0 spiro atoms. The Hall–Kier alpha value is -9.50. The molecule has 0 aliphatic heterocycles. The van der Waals surface area contributed by atoms with Gasteiger partial charge in [-0.2, -0.15) is 0 Å². The number of allylic oxidation sites excluding steroid dienone is 4. The Bertz CT molecular complexity index is 4320. The lowest BCUT2D eigenvalue weighted by molar-refractivity contribution is 0.660. The molecule has 0 atom stereocenters. The fraction of sp³-hybridized carbons (Fsp3) is 0.0789. The Balaban J connectivity index is 0.780. The standard InChI is InChI=1S/C76H56N2/c1-75(2)69-27-15-12-24-63(69)65-45-44-62(50-72(65)75)77(60-40-34-52(35-41-60)51-30-32-53(33-31-51)56-39-47-74-68(49-56)66-26-14-17-29-73(66)78(74)59-22-10-5-11-23-59)61-42-36-54(37-43-61)55-38-46-71-67(48-55)64-25-13-16-28-70(64)76(71,57-18-6-3-7-19-57)58-20-8-4-9-21-58/h3-4,6-10,12-50H,5,11H2,1-2H3. The molecule has 3 aliphatic rings. The Morgan fingerprint density at radius 1 is 0.346 bits per heavy atom. The van der Waals surface area contributed by atoms with Crippen LogP contribution in [0.25, 0.3) is 83.1 Å². The third kappa shape index (κ3) is 7.10. The molecule has 15 rings (SSSR count). The van der Waals surface area contributed by atoms with Gasteiger partial charge in [-0.3, -0.25) is 0 Å². The summed E-state index contributed by atoms with van der Waals surface area (Å²) in [6.45, 7) is 4.73. The van der Waals surface area contributed by atoms with Gasteiger partial charge >= 0.3 is 0 Å². The third-order valence-electron chi connectivity index (χ3n) is 17.3. The first kappa shape index (κ1) is 45.9. The summed E-state index contributed by atoms with van der Waals surface area (Å²) in [4.78, 5) is 2.43. The highest BCUT2D eigenvalue weighted by Gasteiger charge is 2.46. The van der Waals surface area contributed by atoms with Gasteiger partial charge in [0.05, 0.1) is 16.4 Å². The number of benzene rings is 11. The summed E-state index contributed by atoms with van der Waals surface area (Å²) in [5.41, 5.74) is 26.9. The van der Waals surface area contributed by atoms with E-state index in [2.05, 4.69) is 302 Å². The van der Waals surface area contributed by atoms with Crippen molar-refractivity contribution in [3.63, 3.8) is 0 Å². The minimum Gasteiger partial charge on any atom is -0.310 e. The number of rotatable bonds is 9. The summed E-state index contributed by atoms with van der Waals surface area (Å²) in [5.74, 6) is 0. The molecule has 1 heterocycles. The van der Waals surface area contributed by atoms with E-state index in [1.54, 1.807) is 0 Å². The minimum absolute atomic E-state index is 0.132. The van der Waals surface area contributed by atoms with Crippen molar-refractivity contribution < 1.29 is 0 Å². The molecule has 1 aromatic heterocycles. The van der Waals surface area contributed by atoms with Crippen LogP contribution in [0, 0.1) is 0 Å². The van der Waals surface area contributed by atoms with E-state index >= 15 is 0 Å². The third-order valence-corrected chi connectivity index (χ3v) is 17.3. The van der Waals surface area contributed by atoms with E-state index in [0.717, 1.165) is 29.9 Å². The van der Waals surface area contributed by atoms with Crippen LogP contribution in [0.3, 0.4) is 0 Å². The molecule has 0 unspecified atom stereocenters. The van der Waals surface area contributed by atoms with E-state index in [0.29, 0.717) is 0 Å². The molecule has 370 valence electrons. The Labute approximate surface area is 457 Å². The van der Waals surface area contributed by atoms with Crippen LogP contribution in [0.15, 0.2) is 279 Å². The predicted molar refractivity (Wildman–Crippen MR) is 328 cm³/mol. The van der Waals surface area contributed by atoms with Crippen molar-refractivity contribution in [1.29, 1.82) is 0 Å². The smallest absolute Gasteiger partial charge is 0.0713 e. The predicted octanol–water partition coefficient (Wildman–Crippen LogP) is 20.1. The van der Waals surface area contributed by atoms with Gasteiger partial charge in [0.25, 0.3) is 0 Å². The molecule has 0 amide bonds. The van der Waals surface area contributed by atoms with Crippen molar-refractivity contribution in [3.05, 3.63) is 312 Å². The number of hydrogen-bond donors (Lipinski definition) is 0. The van der Waals surface area contributed by atoms with Gasteiger partial charge in [-0.15, -0.1) is 0 Å². The van der Waals surface area contributed by atoms with E-state index in [4.69, 9.17) is 0 Å². The Morgan fingerprint density at radius 3 is 1.49 bits per heavy atom. The van der Waals surface area contributed by atoms with Crippen LogP contribution in [-0.2, 0) is 10.8 Å². The Morgan fingerprint density at radius 2 is 0.833 bits per heavy atom. The first-order chi connectivity index (χ1) is 38.4. The molecule has 0 fully saturated rings. The second-order valence-electron chi connectivity index (χ2n) is 21.9. The Kier molecular flexibility index (Phi) is 10.6. The van der Waals surface area contributed by atoms with Crippen molar-refractivity contribution in [1.82, 2.24) is 4.57 Å². The van der Waals surface area contributed by atoms with Crippen LogP contribution >= 0.6 is 0 Å². The zero-order valence-corrected chi connectivity index (χ0v) is 43.9. The molecule has 0 radical (unpaired) electrons. The highest BCUT2D eigenvalue weighted by atomic mass is 15.1. The second-order valence-corrected chi connectivity index (χ2v) is 21.9. The highest BCUT2D eigenvalue weighted by molar-refractivity contribution is 6.11. The van der Waals surface area contributed by atoms with Gasteiger partial charge in [0.15, 0.2) is 0 Å². The average Bonchev–Trinajstić information content (AvgIpc) is 4.26. The maximum absolute atomic E-state index is 2.43. The average molecular weight is 997 g/mol. The van der Waals surface area contributed by atoms with Crippen LogP contribution in [0.4, 0.5) is 17.1 Å². The highest BCUT2D eigenvalue weighted by Crippen LogP contribution is 2.57. The molecule has 0 saturated heterocycles. The number of anilines is 3. The molecule has 2 nitrogen and oxygen atoms in total. The minimum atomic E-state index is -0.424. The van der Waals surface area contributed by atoms with Crippen molar-refractivity contribution in [2.75, 3.05) is 4.90 Å². The van der Waals surface area contributed by atoms with Crippen LogP contribution in [-0.4, -0.2) is 4.57 Å². The van der Waals surface area contributed by atoms with Crippen LogP contribution in [0.5, 0.6) is 0 Å². The molecular weight excluding hydrogens is 941 g/mol. The van der Waals surface area contributed by atoms with E-state index in [-0.39, 0.29) is 5.41 Å². The molecule has 0 N–H and O–H groups in total. The lowest BCUT2D eigenvalue weighted by atomic mass is 9.67. The number of aromatic nitrogens is 1. The molecule has 3 aliphatic carbocycles. The van der Waals surface area contributed by atoms with Crippen molar-refractivity contribution in [2.45, 2.75) is 37.5 Å². The van der Waals surface area contributed by atoms with Crippen molar-refractivity contribution in [2.24, 2.45) is 0 Å². The van der Waals surface area contributed by atoms with Gasteiger partial charge in [-0.1, -0.05) is 226 Å². The summed E-state index contributed by atoms with van der Waals surface area (Å²) >= 11 is 0. The molecular formula is C76H56N2. The lowest BCUT2D eigenvalue weighted by Crippen LogP contribution is -2.28. The summed E-state index contributed by atoms with van der Waals surface area (Å²) in [6.07, 6.45) is 9.10. The van der Waals surface area contributed by atoms with Gasteiger partial charge < -0.3 is 9.47 Å². The van der Waals surface area contributed by atoms with Crippen LogP contribution in [0.2, 0.25) is 0 Å². The molecule has 0 bridgehead atoms. The molecule has 0 saturated carbocycles. The molecule has 11 aromatic carbocycles. The zero-order valence-electron chi connectivity index (χ0n) is 43.9. The molecule has 12 aromatic rings. The van der Waals surface area contributed by atoms with Gasteiger partial charge in [-0.05, 0) is 169 Å². The topological polar surface area (TPSA) is 8.17 Å². The quantitative estimate of drug-likeness (QED) is 0.140. The lowest BCUT2D eigenvalue weighted by Gasteiger charge is -2.33. The van der Waals surface area contributed by atoms with Gasteiger partial charge in [0, 0.05) is 38.9 Å². The fourth-order valence-electron chi connectivity index (χ4n) is 13.6. The summed E-state index contributed by atoms with van der Waals surface area (Å²) in [7, 11) is 0. The largest absolute Gasteiger partial charge is 0.310 e. The first-order valence-corrected chi connectivity index (χ1v) is 27.6. The van der Waals surface area contributed by atoms with E-state index < -0.39 is 5.41 Å². The monoisotopic (exact) mass is 996 g/mol. The van der Waals surface area contributed by atoms with E-state index in [9.17, 15) is 0 Å². The number of hydrogen-bond acceptors (Lipinski definition) is 1. The zero-order chi connectivity index (χ0) is 52.0. The summed E-state index contributed by atoms with van der Waals surface area (Å²) < 4.78 is 2.42. The maximum Gasteiger partial charge on any atom is 0.0713 e.